The van der Waals surface area contributed by atoms with Crippen LogP contribution >= 0.6 is 0 Å². The lowest BCUT2D eigenvalue weighted by atomic mass is 10.2. The number of H-pyrrole nitrogens is 1. The summed E-state index contributed by atoms with van der Waals surface area (Å²) in [6.07, 6.45) is 4.93. The van der Waals surface area contributed by atoms with Crippen LogP contribution in [0.25, 0.3) is 0 Å². The van der Waals surface area contributed by atoms with E-state index in [4.69, 9.17) is 0 Å². The van der Waals surface area contributed by atoms with E-state index in [0.29, 0.717) is 5.82 Å². The topological polar surface area (TPSA) is 74.8 Å². The first-order chi connectivity index (χ1) is 7.36. The van der Waals surface area contributed by atoms with E-state index >= 15 is 0 Å². The van der Waals surface area contributed by atoms with E-state index in [1.165, 1.54) is 12.8 Å². The molecule has 6 nitrogen and oxygen atoms in total. The predicted octanol–water partition coefficient (Wildman–Crippen LogP) is 0.145. The van der Waals surface area contributed by atoms with Gasteiger partial charge in [0.1, 0.15) is 0 Å². The monoisotopic (exact) mass is 209 g/mol. The first kappa shape index (κ1) is 10.1. The molecule has 0 radical (unpaired) electrons. The van der Waals surface area contributed by atoms with Crippen LogP contribution in [-0.2, 0) is 11.2 Å². The zero-order chi connectivity index (χ0) is 10.5. The van der Waals surface area contributed by atoms with Crippen LogP contribution < -0.4 is 0 Å². The molecule has 1 aromatic heterocycles. The molecular formula is C9H15N5O. The van der Waals surface area contributed by atoms with Crippen LogP contribution in [0.1, 0.15) is 31.5 Å². The minimum atomic E-state index is 0.110. The Morgan fingerprint density at radius 3 is 2.60 bits per heavy atom. The summed E-state index contributed by atoms with van der Waals surface area (Å²) >= 11 is 0. The third-order valence-corrected chi connectivity index (χ3v) is 2.66. The Morgan fingerprint density at radius 2 is 2.00 bits per heavy atom. The van der Waals surface area contributed by atoms with Crippen LogP contribution in [0.2, 0.25) is 0 Å². The van der Waals surface area contributed by atoms with Gasteiger partial charge in [0, 0.05) is 13.1 Å². The van der Waals surface area contributed by atoms with Gasteiger partial charge in [-0.2, -0.15) is 5.21 Å². The first-order valence-electron chi connectivity index (χ1n) is 5.36. The van der Waals surface area contributed by atoms with Crippen molar-refractivity contribution < 1.29 is 4.79 Å². The van der Waals surface area contributed by atoms with Crippen LogP contribution in [-0.4, -0.2) is 44.5 Å². The first-order valence-corrected chi connectivity index (χ1v) is 5.36. The Balaban J connectivity index is 1.89. The Bertz CT molecular complexity index is 302. The predicted molar refractivity (Wildman–Crippen MR) is 52.9 cm³/mol. The summed E-state index contributed by atoms with van der Waals surface area (Å²) in [5.41, 5.74) is 0. The fourth-order valence-electron chi connectivity index (χ4n) is 1.82. The number of hydrogen-bond acceptors (Lipinski definition) is 4. The van der Waals surface area contributed by atoms with Crippen LogP contribution in [0.15, 0.2) is 0 Å². The molecule has 1 aliphatic heterocycles. The van der Waals surface area contributed by atoms with Crippen molar-refractivity contribution in [1.29, 1.82) is 0 Å². The summed E-state index contributed by atoms with van der Waals surface area (Å²) in [6.45, 7) is 1.74. The lowest BCUT2D eigenvalue weighted by Crippen LogP contribution is -2.33. The van der Waals surface area contributed by atoms with Crippen molar-refractivity contribution in [3.63, 3.8) is 0 Å². The van der Waals surface area contributed by atoms with Crippen molar-refractivity contribution >= 4 is 5.91 Å². The van der Waals surface area contributed by atoms with Gasteiger partial charge in [-0.3, -0.25) is 4.79 Å². The van der Waals surface area contributed by atoms with E-state index in [1.807, 2.05) is 4.90 Å². The van der Waals surface area contributed by atoms with Gasteiger partial charge in [-0.1, -0.05) is 18.1 Å². The van der Waals surface area contributed by atoms with Crippen LogP contribution in [0.5, 0.6) is 0 Å². The summed E-state index contributed by atoms with van der Waals surface area (Å²) < 4.78 is 0. The molecule has 2 heterocycles. The Hall–Kier alpha value is -1.46. The summed E-state index contributed by atoms with van der Waals surface area (Å²) in [7, 11) is 0. The largest absolute Gasteiger partial charge is 0.342 e. The van der Waals surface area contributed by atoms with Crippen molar-refractivity contribution in [3.8, 4) is 0 Å². The third kappa shape index (κ3) is 2.74. The molecule has 1 fully saturated rings. The number of hydrogen-bond donors (Lipinski definition) is 1. The van der Waals surface area contributed by atoms with Crippen molar-refractivity contribution in [2.75, 3.05) is 13.1 Å². The molecular weight excluding hydrogens is 194 g/mol. The Labute approximate surface area is 88.0 Å². The van der Waals surface area contributed by atoms with Crippen LogP contribution in [0.3, 0.4) is 0 Å². The van der Waals surface area contributed by atoms with Gasteiger partial charge in [0.25, 0.3) is 0 Å². The standard InChI is InChI=1S/C9H15N5O/c15-9(7-8-10-12-13-11-8)14-5-3-1-2-4-6-14/h1-7H2,(H,10,11,12,13). The molecule has 6 heteroatoms. The second-order valence-electron chi connectivity index (χ2n) is 3.80. The molecule has 1 aromatic rings. The third-order valence-electron chi connectivity index (χ3n) is 2.66. The number of carbonyl (C=O) groups is 1. The molecule has 0 spiro atoms. The van der Waals surface area contributed by atoms with Crippen molar-refractivity contribution in [1.82, 2.24) is 25.5 Å². The van der Waals surface area contributed by atoms with E-state index in [2.05, 4.69) is 20.6 Å². The maximum atomic E-state index is 11.8. The van der Waals surface area contributed by atoms with Crippen molar-refractivity contribution in [2.45, 2.75) is 32.1 Å². The normalized spacial score (nSPS) is 17.5. The minimum Gasteiger partial charge on any atom is -0.342 e. The van der Waals surface area contributed by atoms with Crippen molar-refractivity contribution in [3.05, 3.63) is 5.82 Å². The number of likely N-dealkylation sites (tertiary alicyclic amines) is 1. The molecule has 82 valence electrons. The molecule has 1 amide bonds. The fourth-order valence-corrected chi connectivity index (χ4v) is 1.82. The van der Waals surface area contributed by atoms with Crippen LogP contribution in [0, 0.1) is 0 Å². The quantitative estimate of drug-likeness (QED) is 0.752. The van der Waals surface area contributed by atoms with Gasteiger partial charge in [-0.25, -0.2) is 0 Å². The van der Waals surface area contributed by atoms with Gasteiger partial charge in [-0.05, 0) is 12.8 Å². The summed E-state index contributed by atoms with van der Waals surface area (Å²) in [6, 6.07) is 0. The average molecular weight is 209 g/mol. The molecule has 1 aliphatic rings. The Kier molecular flexibility index (Phi) is 3.26. The summed E-state index contributed by atoms with van der Waals surface area (Å²) in [5, 5.41) is 13.3. The molecule has 0 aromatic carbocycles. The van der Waals surface area contributed by atoms with Crippen molar-refractivity contribution in [2.24, 2.45) is 0 Å². The number of carbonyl (C=O) groups excluding carboxylic acids is 1. The second kappa shape index (κ2) is 4.86. The van der Waals surface area contributed by atoms with E-state index in [-0.39, 0.29) is 12.3 Å². The maximum absolute atomic E-state index is 11.8. The molecule has 1 N–H and O–H groups in total. The zero-order valence-electron chi connectivity index (χ0n) is 8.65. The lowest BCUT2D eigenvalue weighted by molar-refractivity contribution is -0.130. The highest BCUT2D eigenvalue weighted by atomic mass is 16.2. The zero-order valence-corrected chi connectivity index (χ0v) is 8.65. The second-order valence-corrected chi connectivity index (χ2v) is 3.80. The highest BCUT2D eigenvalue weighted by Crippen LogP contribution is 2.10. The molecule has 0 saturated carbocycles. The smallest absolute Gasteiger partial charge is 0.230 e. The number of nitrogens with zero attached hydrogens (tertiary/aromatic N) is 4. The molecule has 2 rings (SSSR count). The number of aromatic amines is 1. The Morgan fingerprint density at radius 1 is 1.27 bits per heavy atom. The van der Waals surface area contributed by atoms with Gasteiger partial charge >= 0.3 is 0 Å². The van der Waals surface area contributed by atoms with Gasteiger partial charge in [-0.15, -0.1) is 10.2 Å². The molecule has 0 aliphatic carbocycles. The lowest BCUT2D eigenvalue weighted by Gasteiger charge is -2.19. The summed E-state index contributed by atoms with van der Waals surface area (Å²) in [4.78, 5) is 13.7. The molecule has 1 saturated heterocycles. The van der Waals surface area contributed by atoms with Gasteiger partial charge in [0.2, 0.25) is 5.91 Å². The minimum absolute atomic E-state index is 0.110. The van der Waals surface area contributed by atoms with Gasteiger partial charge in [0.05, 0.1) is 6.42 Å². The average Bonchev–Trinajstić information content (AvgIpc) is 2.58. The molecule has 0 atom stereocenters. The number of nitrogens with one attached hydrogen (secondary N) is 1. The van der Waals surface area contributed by atoms with Gasteiger partial charge < -0.3 is 4.90 Å². The number of amides is 1. The number of tetrazole rings is 1. The number of rotatable bonds is 2. The van der Waals surface area contributed by atoms with Gasteiger partial charge in [0.15, 0.2) is 5.82 Å². The van der Waals surface area contributed by atoms with Crippen LogP contribution in [0.4, 0.5) is 0 Å². The SMILES string of the molecule is O=C(Cc1nn[nH]n1)N1CCCCCC1. The highest BCUT2D eigenvalue weighted by molar-refractivity contribution is 5.77. The van der Waals surface area contributed by atoms with E-state index in [9.17, 15) is 4.79 Å². The highest BCUT2D eigenvalue weighted by Gasteiger charge is 2.17. The molecule has 0 bridgehead atoms. The van der Waals surface area contributed by atoms with E-state index < -0.39 is 0 Å². The molecule has 15 heavy (non-hydrogen) atoms. The number of aromatic nitrogens is 4. The fraction of sp³-hybridized carbons (Fsp3) is 0.778. The molecule has 0 unspecified atom stereocenters. The van der Waals surface area contributed by atoms with E-state index in [1.54, 1.807) is 0 Å². The maximum Gasteiger partial charge on any atom is 0.230 e. The van der Waals surface area contributed by atoms with E-state index in [0.717, 1.165) is 25.9 Å². The summed E-state index contributed by atoms with van der Waals surface area (Å²) in [5.74, 6) is 0.586.